The zero-order chi connectivity index (χ0) is 22.7. The lowest BCUT2D eigenvalue weighted by Crippen LogP contribution is -3.00. The number of aryl methyl sites for hydroxylation is 2. The second-order valence-electron chi connectivity index (χ2n) is 8.23. The van der Waals surface area contributed by atoms with Crippen LogP contribution >= 0.6 is 0 Å². The van der Waals surface area contributed by atoms with E-state index in [4.69, 9.17) is 9.72 Å². The van der Waals surface area contributed by atoms with Gasteiger partial charge in [-0.1, -0.05) is 12.1 Å². The van der Waals surface area contributed by atoms with Gasteiger partial charge in [0.05, 0.1) is 17.6 Å². The summed E-state index contributed by atoms with van der Waals surface area (Å²) in [4.78, 5) is 32.8. The molecule has 1 aliphatic rings. The minimum absolute atomic E-state index is 0. The van der Waals surface area contributed by atoms with E-state index in [1.807, 2.05) is 61.3 Å². The van der Waals surface area contributed by atoms with E-state index in [1.54, 1.807) is 6.92 Å². The van der Waals surface area contributed by atoms with Gasteiger partial charge in [-0.25, -0.2) is 4.98 Å². The van der Waals surface area contributed by atoms with E-state index < -0.39 is 0 Å². The van der Waals surface area contributed by atoms with Gasteiger partial charge in [-0.05, 0) is 42.8 Å². The maximum Gasteiger partial charge on any atom is 0.262 e. The van der Waals surface area contributed by atoms with Crippen LogP contribution in [0.5, 0.6) is 5.75 Å². The van der Waals surface area contributed by atoms with Crippen molar-refractivity contribution in [1.82, 2.24) is 19.4 Å². The Kier molecular flexibility index (Phi) is 7.94. The number of amides is 2. The molecule has 0 spiro atoms. The van der Waals surface area contributed by atoms with Crippen molar-refractivity contribution >= 4 is 28.5 Å². The first-order valence-electron chi connectivity index (χ1n) is 10.8. The molecule has 9 heteroatoms. The van der Waals surface area contributed by atoms with E-state index in [0.29, 0.717) is 11.4 Å². The molecule has 1 saturated heterocycles. The predicted molar refractivity (Wildman–Crippen MR) is 124 cm³/mol. The Morgan fingerprint density at radius 3 is 2.55 bits per heavy atom. The summed E-state index contributed by atoms with van der Waals surface area (Å²) in [5.74, 6) is 1.55. The predicted octanol–water partition coefficient (Wildman–Crippen LogP) is -0.433. The minimum atomic E-state index is -0.217. The molecule has 33 heavy (non-hydrogen) atoms. The number of aromatic nitrogens is 2. The lowest BCUT2D eigenvalue weighted by molar-refractivity contribution is -0.130. The average Bonchev–Trinajstić information content (AvgIpc) is 3.07. The molecule has 176 valence electrons. The van der Waals surface area contributed by atoms with Crippen molar-refractivity contribution in [1.29, 1.82) is 0 Å². The van der Waals surface area contributed by atoms with E-state index in [2.05, 4.69) is 14.8 Å². The maximum absolute atomic E-state index is 12.3. The number of imidazole rings is 1. The third-order valence-corrected chi connectivity index (χ3v) is 5.80. The summed E-state index contributed by atoms with van der Waals surface area (Å²) in [6.45, 7) is 7.45. The molecule has 2 amide bonds. The lowest BCUT2D eigenvalue weighted by atomic mass is 10.2. The molecule has 0 bridgehead atoms. The number of hydrogen-bond donors (Lipinski definition) is 1. The van der Waals surface area contributed by atoms with E-state index in [1.165, 1.54) is 0 Å². The molecule has 2 aromatic carbocycles. The van der Waals surface area contributed by atoms with Crippen molar-refractivity contribution in [2.45, 2.75) is 20.4 Å². The van der Waals surface area contributed by atoms with E-state index in [9.17, 15) is 9.59 Å². The van der Waals surface area contributed by atoms with E-state index >= 15 is 0 Å². The third kappa shape index (κ3) is 6.03. The first kappa shape index (κ1) is 24.5. The number of nitrogens with zero attached hydrogens (tertiary/aromatic N) is 4. The molecule has 1 fully saturated rings. The van der Waals surface area contributed by atoms with Gasteiger partial charge in [-0.2, -0.15) is 0 Å². The normalized spacial score (nSPS) is 14.1. The van der Waals surface area contributed by atoms with Gasteiger partial charge < -0.3 is 31.9 Å². The molecule has 0 radical (unpaired) electrons. The van der Waals surface area contributed by atoms with Gasteiger partial charge in [0, 0.05) is 45.8 Å². The number of halogens is 1. The van der Waals surface area contributed by atoms with Gasteiger partial charge in [0.15, 0.2) is 6.61 Å². The summed E-state index contributed by atoms with van der Waals surface area (Å²) in [5.41, 5.74) is 3.62. The van der Waals surface area contributed by atoms with Crippen molar-refractivity contribution in [2.75, 3.05) is 38.1 Å². The number of carbonyl (C=O) groups excluding carboxylic acids is 2. The molecule has 0 saturated carbocycles. The monoisotopic (exact) mass is 470 g/mol. The first-order chi connectivity index (χ1) is 15.4. The molecular weight excluding hydrogens is 442 g/mol. The summed E-state index contributed by atoms with van der Waals surface area (Å²) in [7, 11) is 2.00. The van der Waals surface area contributed by atoms with Crippen LogP contribution in [0.1, 0.15) is 18.3 Å². The molecule has 2 heterocycles. The molecule has 1 N–H and O–H groups in total. The quantitative estimate of drug-likeness (QED) is 0.529. The largest absolute Gasteiger partial charge is 1.00 e. The highest BCUT2D eigenvalue weighted by Crippen LogP contribution is 2.21. The van der Waals surface area contributed by atoms with Gasteiger partial charge in [0.25, 0.3) is 5.91 Å². The smallest absolute Gasteiger partial charge is 0.262 e. The van der Waals surface area contributed by atoms with Crippen LogP contribution in [-0.2, 0) is 23.2 Å². The van der Waals surface area contributed by atoms with Crippen LogP contribution in [0.15, 0.2) is 42.5 Å². The van der Waals surface area contributed by atoms with E-state index in [-0.39, 0.29) is 30.8 Å². The van der Waals surface area contributed by atoms with Crippen LogP contribution in [0.2, 0.25) is 0 Å². The van der Waals surface area contributed by atoms with Gasteiger partial charge in [0.1, 0.15) is 11.6 Å². The SMILES string of the molecule is CC(=O)N1CCN(Cc2nc3cc(NC(=O)COc4cccc(C)c4)ccc3n2C)CC1.[Cl-]. The van der Waals surface area contributed by atoms with Crippen molar-refractivity contribution in [2.24, 2.45) is 7.05 Å². The fourth-order valence-electron chi connectivity index (χ4n) is 3.94. The standard InChI is InChI=1S/C24H29N5O3.ClH/c1-17-5-4-6-20(13-17)32-16-24(31)25-19-7-8-22-21(14-19)26-23(27(22)3)15-28-9-11-29(12-10-28)18(2)30;/h4-8,13-14H,9-12,15-16H2,1-3H3,(H,25,31);1H/p-1. The zero-order valence-corrected chi connectivity index (χ0v) is 19.9. The Labute approximate surface area is 199 Å². The number of fused-ring (bicyclic) bond motifs is 1. The number of piperazine rings is 1. The van der Waals surface area contributed by atoms with Crippen LogP contribution < -0.4 is 22.5 Å². The van der Waals surface area contributed by atoms with Gasteiger partial charge >= 0.3 is 0 Å². The number of hydrogen-bond acceptors (Lipinski definition) is 5. The summed E-state index contributed by atoms with van der Waals surface area (Å²) in [6.07, 6.45) is 0. The molecule has 0 atom stereocenters. The molecule has 0 unspecified atom stereocenters. The van der Waals surface area contributed by atoms with Crippen LogP contribution in [-0.4, -0.2) is 64.0 Å². The molecule has 3 aromatic rings. The number of carbonyl (C=O) groups is 2. The van der Waals surface area contributed by atoms with Crippen LogP contribution in [0.25, 0.3) is 11.0 Å². The Morgan fingerprint density at radius 1 is 1.09 bits per heavy atom. The van der Waals surface area contributed by atoms with Gasteiger partial charge in [-0.3, -0.25) is 14.5 Å². The highest BCUT2D eigenvalue weighted by molar-refractivity contribution is 5.94. The summed E-state index contributed by atoms with van der Waals surface area (Å²) >= 11 is 0. The molecular formula is C24H29ClN5O3-. The van der Waals surface area contributed by atoms with Crippen molar-refractivity contribution < 1.29 is 26.7 Å². The Bertz CT molecular complexity index is 1140. The van der Waals surface area contributed by atoms with Crippen LogP contribution in [0.4, 0.5) is 5.69 Å². The highest BCUT2D eigenvalue weighted by atomic mass is 35.5. The topological polar surface area (TPSA) is 79.7 Å². The summed E-state index contributed by atoms with van der Waals surface area (Å²) in [6, 6.07) is 13.3. The summed E-state index contributed by atoms with van der Waals surface area (Å²) < 4.78 is 7.66. The fourth-order valence-corrected chi connectivity index (χ4v) is 3.94. The molecule has 1 aliphatic heterocycles. The second kappa shape index (κ2) is 10.7. The number of anilines is 1. The molecule has 0 aliphatic carbocycles. The van der Waals surface area contributed by atoms with E-state index in [0.717, 1.165) is 55.1 Å². The minimum Gasteiger partial charge on any atom is -1.00 e. The first-order valence-corrected chi connectivity index (χ1v) is 10.8. The zero-order valence-electron chi connectivity index (χ0n) is 19.2. The fraction of sp³-hybridized carbons (Fsp3) is 0.375. The van der Waals surface area contributed by atoms with Crippen molar-refractivity contribution in [3.8, 4) is 5.75 Å². The van der Waals surface area contributed by atoms with Crippen molar-refractivity contribution in [3.63, 3.8) is 0 Å². The highest BCUT2D eigenvalue weighted by Gasteiger charge is 2.20. The molecule has 8 nitrogen and oxygen atoms in total. The third-order valence-electron chi connectivity index (χ3n) is 5.80. The second-order valence-corrected chi connectivity index (χ2v) is 8.23. The lowest BCUT2D eigenvalue weighted by Gasteiger charge is -2.33. The number of rotatable bonds is 6. The number of nitrogens with one attached hydrogen (secondary N) is 1. The Balaban J connectivity index is 0.00000306. The average molecular weight is 471 g/mol. The van der Waals surface area contributed by atoms with Crippen molar-refractivity contribution in [3.05, 3.63) is 53.9 Å². The van der Waals surface area contributed by atoms with Gasteiger partial charge in [0.2, 0.25) is 5.91 Å². The molecule has 4 rings (SSSR count). The molecule has 1 aromatic heterocycles. The van der Waals surface area contributed by atoms with Crippen LogP contribution in [0, 0.1) is 6.92 Å². The van der Waals surface area contributed by atoms with Crippen LogP contribution in [0.3, 0.4) is 0 Å². The number of ether oxygens (including phenoxy) is 1. The Morgan fingerprint density at radius 2 is 1.85 bits per heavy atom. The maximum atomic E-state index is 12.3. The van der Waals surface area contributed by atoms with Gasteiger partial charge in [-0.15, -0.1) is 0 Å². The Hall–Kier alpha value is -3.10. The summed E-state index contributed by atoms with van der Waals surface area (Å²) in [5, 5.41) is 2.88. The number of benzene rings is 2.